The molecule has 0 unspecified atom stereocenters. The summed E-state index contributed by atoms with van der Waals surface area (Å²) >= 11 is 0. The highest BCUT2D eigenvalue weighted by Gasteiger charge is 2.16. The summed E-state index contributed by atoms with van der Waals surface area (Å²) in [5.41, 5.74) is 0.410. The third-order valence-electron chi connectivity index (χ3n) is 5.83. The Labute approximate surface area is 275 Å². The van der Waals surface area contributed by atoms with Gasteiger partial charge in [0.25, 0.3) is 10.1 Å². The number of aromatic nitrogens is 3. The van der Waals surface area contributed by atoms with Crippen LogP contribution < -0.4 is 20.3 Å². The van der Waals surface area contributed by atoms with Gasteiger partial charge >= 0.3 is 10.6 Å². The highest BCUT2D eigenvalue weighted by molar-refractivity contribution is 7.88. The van der Waals surface area contributed by atoms with E-state index >= 15 is 0 Å². The standard InChI is InChI=1S/C22H37N9O5S2.2C2H6.O3S/c1-29(2)22-27-20(26-21(28-22)25-18-7-4-8-19(17-18)38(34,35)36)23-9-5-11-30-13-15-31(16-14-30)12-6-10-24-37(3,32)33;2*1-2;1-4(2)3/h4,7-8,17,24H,5-6,9-16H2,1-3H3,(H,34,35,36)(H2,23,25,26,27,28);2*1-2H3;. The van der Waals surface area contributed by atoms with Crippen LogP contribution in [0.4, 0.5) is 23.5 Å². The topological polar surface area (TPSA) is 224 Å². The number of anilines is 4. The molecule has 0 bridgehead atoms. The normalized spacial score (nSPS) is 13.5. The van der Waals surface area contributed by atoms with Gasteiger partial charge in [0.15, 0.2) is 0 Å². The number of nitrogens with one attached hydrogen (secondary N) is 3. The Hall–Kier alpha value is -3.01. The van der Waals surface area contributed by atoms with Crippen molar-refractivity contribution in [3.8, 4) is 0 Å². The third kappa shape index (κ3) is 19.5. The van der Waals surface area contributed by atoms with E-state index in [0.717, 1.165) is 52.1 Å². The zero-order chi connectivity index (χ0) is 35.3. The molecule has 0 amide bonds. The molecule has 1 saturated heterocycles. The Bertz CT molecular complexity index is 1480. The second-order valence-electron chi connectivity index (χ2n) is 9.49. The maximum Gasteiger partial charge on any atom is 0.425 e. The Morgan fingerprint density at radius 3 is 1.83 bits per heavy atom. The summed E-state index contributed by atoms with van der Waals surface area (Å²) < 4.78 is 82.3. The van der Waals surface area contributed by atoms with Crippen molar-refractivity contribution in [1.82, 2.24) is 29.5 Å². The number of piperazine rings is 1. The minimum Gasteiger partial charge on any atom is -0.354 e. The number of rotatable bonds is 14. The summed E-state index contributed by atoms with van der Waals surface area (Å²) in [7, 11) is -6.95. The van der Waals surface area contributed by atoms with Crippen LogP contribution in [0.1, 0.15) is 40.5 Å². The van der Waals surface area contributed by atoms with E-state index in [-0.39, 0.29) is 10.8 Å². The maximum atomic E-state index is 11.4. The summed E-state index contributed by atoms with van der Waals surface area (Å²) in [5.74, 6) is 1.06. The first kappa shape index (κ1) is 43.0. The maximum absolute atomic E-state index is 11.4. The van der Waals surface area contributed by atoms with Gasteiger partial charge in [0.05, 0.1) is 11.2 Å². The molecule has 4 N–H and O–H groups in total. The van der Waals surface area contributed by atoms with Gasteiger partial charge < -0.3 is 25.3 Å². The van der Waals surface area contributed by atoms with Crippen molar-refractivity contribution in [2.75, 3.05) is 88.2 Å². The van der Waals surface area contributed by atoms with Crippen LogP contribution in [-0.4, -0.2) is 131 Å². The molecule has 0 atom stereocenters. The molecule has 0 spiro atoms. The van der Waals surface area contributed by atoms with Gasteiger partial charge in [-0.2, -0.15) is 23.4 Å². The average Bonchev–Trinajstić information content (AvgIpc) is 2.99. The largest absolute Gasteiger partial charge is 0.425 e. The highest BCUT2D eigenvalue weighted by atomic mass is 32.2. The molecule has 0 aliphatic carbocycles. The van der Waals surface area contributed by atoms with E-state index in [4.69, 9.17) is 12.6 Å². The minimum atomic E-state index is -4.33. The van der Waals surface area contributed by atoms with Crippen LogP contribution in [0.3, 0.4) is 0 Å². The van der Waals surface area contributed by atoms with Crippen molar-refractivity contribution in [3.05, 3.63) is 24.3 Å². The first-order chi connectivity index (χ1) is 21.6. The molecule has 1 fully saturated rings. The zero-order valence-electron chi connectivity index (χ0n) is 27.6. The average molecular weight is 712 g/mol. The Balaban J connectivity index is 0.00000230. The van der Waals surface area contributed by atoms with Gasteiger partial charge in [-0.05, 0) is 44.1 Å². The molecule has 2 heterocycles. The fraction of sp³-hybridized carbons (Fsp3) is 0.654. The van der Waals surface area contributed by atoms with Gasteiger partial charge in [-0.3, -0.25) is 4.55 Å². The van der Waals surface area contributed by atoms with Gasteiger partial charge in [-0.15, -0.1) is 12.6 Å². The zero-order valence-corrected chi connectivity index (χ0v) is 30.0. The van der Waals surface area contributed by atoms with Crippen LogP contribution in [0.25, 0.3) is 0 Å². The van der Waals surface area contributed by atoms with Crippen LogP contribution in [0.15, 0.2) is 29.2 Å². The lowest BCUT2D eigenvalue weighted by Crippen LogP contribution is -2.47. The van der Waals surface area contributed by atoms with E-state index in [1.54, 1.807) is 11.0 Å². The molecule has 1 aliphatic rings. The van der Waals surface area contributed by atoms with Crippen molar-refractivity contribution in [1.29, 1.82) is 0 Å². The van der Waals surface area contributed by atoms with E-state index in [1.165, 1.54) is 24.5 Å². The molecule has 2 aromatic rings. The SMILES string of the molecule is CC.CC.CN(C)c1nc(NCCCN2CCN(CCCNS(C)(=O)=O)CC2)nc(Nc2cccc(S(=O)(=O)O)c2)n1.O=S(=O)=O. The van der Waals surface area contributed by atoms with Crippen LogP contribution >= 0.6 is 0 Å². The summed E-state index contributed by atoms with van der Waals surface area (Å²) in [6, 6.07) is 5.75. The molecule has 1 aliphatic heterocycles. The smallest absolute Gasteiger partial charge is 0.354 e. The number of nitrogens with zero attached hydrogens (tertiary/aromatic N) is 6. The molecule has 3 rings (SSSR count). The van der Waals surface area contributed by atoms with Crippen molar-refractivity contribution in [2.24, 2.45) is 0 Å². The van der Waals surface area contributed by atoms with E-state index in [1.807, 2.05) is 41.8 Å². The minimum absolute atomic E-state index is 0.229. The Morgan fingerprint density at radius 2 is 1.35 bits per heavy atom. The van der Waals surface area contributed by atoms with Crippen molar-refractivity contribution >= 4 is 54.3 Å². The van der Waals surface area contributed by atoms with E-state index in [2.05, 4.69) is 40.1 Å². The lowest BCUT2D eigenvalue weighted by Gasteiger charge is -2.34. The van der Waals surface area contributed by atoms with E-state index < -0.39 is 30.8 Å². The van der Waals surface area contributed by atoms with Crippen LogP contribution in [-0.2, 0) is 30.8 Å². The molecule has 1 aromatic carbocycles. The number of hydrogen-bond acceptors (Lipinski definition) is 15. The molecule has 17 nitrogen and oxygen atoms in total. The third-order valence-corrected chi connectivity index (χ3v) is 7.40. The second kappa shape index (κ2) is 22.5. The molecular weight excluding hydrogens is 663 g/mol. The molecule has 0 radical (unpaired) electrons. The fourth-order valence-electron chi connectivity index (χ4n) is 3.86. The number of sulfonamides is 1. The molecule has 20 heteroatoms. The Kier molecular flexibility index (Phi) is 21.0. The van der Waals surface area contributed by atoms with Gasteiger partial charge in [0, 0.05) is 59.1 Å². The van der Waals surface area contributed by atoms with Gasteiger partial charge in [0.1, 0.15) is 0 Å². The highest BCUT2D eigenvalue weighted by Crippen LogP contribution is 2.20. The van der Waals surface area contributed by atoms with Gasteiger partial charge in [-0.1, -0.05) is 33.8 Å². The molecule has 1 aromatic heterocycles. The van der Waals surface area contributed by atoms with E-state index in [9.17, 15) is 21.4 Å². The van der Waals surface area contributed by atoms with E-state index in [0.29, 0.717) is 30.7 Å². The monoisotopic (exact) mass is 711 g/mol. The molecule has 46 heavy (non-hydrogen) atoms. The van der Waals surface area contributed by atoms with Gasteiger partial charge in [-0.25, -0.2) is 13.1 Å². The van der Waals surface area contributed by atoms with Crippen LogP contribution in [0, 0.1) is 0 Å². The summed E-state index contributed by atoms with van der Waals surface area (Å²) in [4.78, 5) is 19.5. The van der Waals surface area contributed by atoms with Crippen LogP contribution in [0.5, 0.6) is 0 Å². The summed E-state index contributed by atoms with van der Waals surface area (Å²) in [5, 5.41) is 6.21. The predicted molar refractivity (Wildman–Crippen MR) is 180 cm³/mol. The van der Waals surface area contributed by atoms with Crippen molar-refractivity contribution in [3.63, 3.8) is 0 Å². The summed E-state index contributed by atoms with van der Waals surface area (Å²) in [6.07, 6.45) is 2.86. The van der Waals surface area contributed by atoms with Gasteiger partial charge in [0.2, 0.25) is 27.9 Å². The van der Waals surface area contributed by atoms with Crippen molar-refractivity contribution in [2.45, 2.75) is 45.4 Å². The quantitative estimate of drug-likeness (QED) is 0.160. The number of hydrogen-bond donors (Lipinski definition) is 4. The summed E-state index contributed by atoms with van der Waals surface area (Å²) in [6.45, 7) is 14.8. The molecule has 264 valence electrons. The lowest BCUT2D eigenvalue weighted by atomic mass is 10.2. The molecule has 0 saturated carbocycles. The Morgan fingerprint density at radius 1 is 0.848 bits per heavy atom. The van der Waals surface area contributed by atoms with Crippen molar-refractivity contribution < 1.29 is 34.0 Å². The fourth-order valence-corrected chi connectivity index (χ4v) is 4.90. The lowest BCUT2D eigenvalue weighted by molar-refractivity contribution is 0.131. The van der Waals surface area contributed by atoms with Crippen LogP contribution in [0.2, 0.25) is 0 Å². The number of benzene rings is 1. The first-order valence-corrected chi connectivity index (χ1v) is 19.1. The molecular formula is C26H49N9O8S3. The predicted octanol–water partition coefficient (Wildman–Crippen LogP) is 1.34. The first-order valence-electron chi connectivity index (χ1n) is 14.8. The second-order valence-corrected chi connectivity index (χ2v) is 13.2.